The van der Waals surface area contributed by atoms with Crippen molar-refractivity contribution in [1.29, 1.82) is 0 Å². The lowest BCUT2D eigenvalue weighted by atomic mass is 10.0. The fraction of sp³-hybridized carbons (Fsp3) is 0.276. The third-order valence-corrected chi connectivity index (χ3v) is 6.45. The molecule has 0 aromatic heterocycles. The molecular weight excluding hydrogens is 454 g/mol. The molecule has 1 fully saturated rings. The van der Waals surface area contributed by atoms with Crippen molar-refractivity contribution < 1.29 is 19.1 Å². The van der Waals surface area contributed by atoms with E-state index in [0.717, 1.165) is 55.6 Å². The number of likely N-dealkylation sites (tertiary alicyclic amines) is 1. The molecule has 4 rings (SSSR count). The molecular formula is C29H31N3O4. The molecule has 2 amide bonds. The monoisotopic (exact) mass is 485 g/mol. The van der Waals surface area contributed by atoms with E-state index in [1.165, 1.54) is 0 Å². The predicted octanol–water partition coefficient (Wildman–Crippen LogP) is 4.95. The summed E-state index contributed by atoms with van der Waals surface area (Å²) >= 11 is 0. The smallest absolute Gasteiger partial charge is 0.411 e. The number of ether oxygens (including phenoxy) is 1. The van der Waals surface area contributed by atoms with Crippen LogP contribution in [0.25, 0.3) is 11.1 Å². The highest BCUT2D eigenvalue weighted by atomic mass is 16.6. The van der Waals surface area contributed by atoms with Crippen LogP contribution in [-0.4, -0.2) is 67.4 Å². The van der Waals surface area contributed by atoms with E-state index >= 15 is 0 Å². The van der Waals surface area contributed by atoms with Crippen LogP contribution in [0, 0.1) is 0 Å². The highest BCUT2D eigenvalue weighted by molar-refractivity contribution is 5.94. The minimum Gasteiger partial charge on any atom is -0.446 e. The number of para-hydroxylation sites is 1. The van der Waals surface area contributed by atoms with Gasteiger partial charge in [0.05, 0.1) is 5.69 Å². The Bertz CT molecular complexity index is 1170. The number of benzene rings is 3. The summed E-state index contributed by atoms with van der Waals surface area (Å²) in [6.07, 6.45) is 1.68. The highest BCUT2D eigenvalue weighted by Crippen LogP contribution is 2.28. The normalized spacial score (nSPS) is 14.1. The molecule has 1 aliphatic heterocycles. The molecule has 0 spiro atoms. The Labute approximate surface area is 211 Å². The summed E-state index contributed by atoms with van der Waals surface area (Å²) in [5, 5.41) is 2.90. The summed E-state index contributed by atoms with van der Waals surface area (Å²) < 4.78 is 5.71. The van der Waals surface area contributed by atoms with Gasteiger partial charge in [0.15, 0.2) is 0 Å². The first-order chi connectivity index (χ1) is 17.5. The molecule has 0 bridgehead atoms. The molecule has 1 heterocycles. The molecule has 0 atom stereocenters. The molecule has 3 aromatic carbocycles. The van der Waals surface area contributed by atoms with Crippen LogP contribution < -0.4 is 5.32 Å². The minimum absolute atomic E-state index is 0.0712. The van der Waals surface area contributed by atoms with E-state index in [2.05, 4.69) is 10.2 Å². The van der Waals surface area contributed by atoms with Crippen LogP contribution in [0.5, 0.6) is 0 Å². The van der Waals surface area contributed by atoms with Gasteiger partial charge in [-0.3, -0.25) is 14.9 Å². The number of amides is 2. The van der Waals surface area contributed by atoms with E-state index in [9.17, 15) is 14.4 Å². The van der Waals surface area contributed by atoms with Gasteiger partial charge in [0.2, 0.25) is 0 Å². The lowest BCUT2D eigenvalue weighted by Gasteiger charge is -2.32. The van der Waals surface area contributed by atoms with Crippen molar-refractivity contribution in [3.63, 3.8) is 0 Å². The Hall–Kier alpha value is -3.97. The lowest BCUT2D eigenvalue weighted by molar-refractivity contribution is 0.0540. The molecule has 186 valence electrons. The van der Waals surface area contributed by atoms with Gasteiger partial charge in [-0.25, -0.2) is 4.79 Å². The molecule has 7 heteroatoms. The number of carbonyl (C=O) groups excluding carboxylic acids is 3. The van der Waals surface area contributed by atoms with Gasteiger partial charge in [-0.05, 0) is 36.6 Å². The number of carbonyl (C=O) groups is 3. The quantitative estimate of drug-likeness (QED) is 0.457. The maximum atomic E-state index is 12.6. The number of nitrogens with one attached hydrogen (secondary N) is 1. The van der Waals surface area contributed by atoms with Crippen LogP contribution in [0.2, 0.25) is 0 Å². The summed E-state index contributed by atoms with van der Waals surface area (Å²) in [6.45, 7) is 2.94. The van der Waals surface area contributed by atoms with Crippen molar-refractivity contribution in [2.45, 2.75) is 18.9 Å². The average molecular weight is 486 g/mol. The Balaban J connectivity index is 1.21. The third-order valence-electron chi connectivity index (χ3n) is 6.45. The maximum absolute atomic E-state index is 12.6. The molecule has 0 radical (unpaired) electrons. The van der Waals surface area contributed by atoms with Crippen LogP contribution in [0.3, 0.4) is 0 Å². The van der Waals surface area contributed by atoms with Crippen LogP contribution in [-0.2, 0) is 4.74 Å². The number of hydrogen-bond acceptors (Lipinski definition) is 5. The van der Waals surface area contributed by atoms with Gasteiger partial charge in [-0.2, -0.15) is 0 Å². The van der Waals surface area contributed by atoms with Crippen molar-refractivity contribution in [2.75, 3.05) is 38.5 Å². The first kappa shape index (κ1) is 25.1. The van der Waals surface area contributed by atoms with Crippen LogP contribution >= 0.6 is 0 Å². The highest BCUT2D eigenvalue weighted by Gasteiger charge is 2.23. The van der Waals surface area contributed by atoms with E-state index in [0.29, 0.717) is 17.7 Å². The van der Waals surface area contributed by atoms with Crippen molar-refractivity contribution in [3.05, 3.63) is 90.0 Å². The van der Waals surface area contributed by atoms with Gasteiger partial charge >= 0.3 is 6.09 Å². The topological polar surface area (TPSA) is 79.0 Å². The Morgan fingerprint density at radius 3 is 2.33 bits per heavy atom. The van der Waals surface area contributed by atoms with Crippen molar-refractivity contribution >= 4 is 24.0 Å². The number of hydrogen-bond donors (Lipinski definition) is 1. The van der Waals surface area contributed by atoms with Gasteiger partial charge < -0.3 is 14.5 Å². The first-order valence-electron chi connectivity index (χ1n) is 12.2. The van der Waals surface area contributed by atoms with Crippen LogP contribution in [0.4, 0.5) is 10.5 Å². The van der Waals surface area contributed by atoms with Gasteiger partial charge in [-0.15, -0.1) is 0 Å². The van der Waals surface area contributed by atoms with E-state index < -0.39 is 6.09 Å². The Kier molecular flexibility index (Phi) is 8.47. The summed E-state index contributed by atoms with van der Waals surface area (Å²) in [5.41, 5.74) is 3.81. The largest absolute Gasteiger partial charge is 0.446 e. The van der Waals surface area contributed by atoms with Crippen molar-refractivity contribution in [3.8, 4) is 11.1 Å². The fourth-order valence-electron chi connectivity index (χ4n) is 4.32. The zero-order valence-corrected chi connectivity index (χ0v) is 20.4. The molecule has 1 aliphatic rings. The molecule has 0 unspecified atom stereocenters. The summed E-state index contributed by atoms with van der Waals surface area (Å²) in [7, 11) is 1.78. The van der Waals surface area contributed by atoms with E-state index in [-0.39, 0.29) is 12.0 Å². The molecule has 7 nitrogen and oxygen atoms in total. The average Bonchev–Trinajstić information content (AvgIpc) is 2.93. The van der Waals surface area contributed by atoms with Gasteiger partial charge in [0, 0.05) is 49.9 Å². The fourth-order valence-corrected chi connectivity index (χ4v) is 4.32. The molecule has 0 saturated carbocycles. The zero-order valence-electron chi connectivity index (χ0n) is 20.4. The Morgan fingerprint density at radius 1 is 0.972 bits per heavy atom. The SMILES string of the molecule is CN(CCN1CCC(OC(=O)Nc2ccccc2-c2ccccc2)CC1)C(=O)c1ccc(C=O)cc1. The molecule has 1 N–H and O–H groups in total. The number of nitrogens with zero attached hydrogens (tertiary/aromatic N) is 2. The number of aldehydes is 1. The number of rotatable bonds is 8. The first-order valence-corrected chi connectivity index (χ1v) is 12.2. The van der Waals surface area contributed by atoms with Crippen LogP contribution in [0.15, 0.2) is 78.9 Å². The molecule has 1 saturated heterocycles. The second-order valence-electron chi connectivity index (χ2n) is 8.95. The summed E-state index contributed by atoms with van der Waals surface area (Å²) in [4.78, 5) is 40.0. The lowest BCUT2D eigenvalue weighted by Crippen LogP contribution is -2.42. The molecule has 3 aromatic rings. The second kappa shape index (κ2) is 12.1. The van der Waals surface area contributed by atoms with Crippen molar-refractivity contribution in [2.24, 2.45) is 0 Å². The Morgan fingerprint density at radius 2 is 1.64 bits per heavy atom. The third kappa shape index (κ3) is 6.58. The van der Waals surface area contributed by atoms with Crippen molar-refractivity contribution in [1.82, 2.24) is 9.80 Å². The summed E-state index contributed by atoms with van der Waals surface area (Å²) in [5.74, 6) is -0.0712. The summed E-state index contributed by atoms with van der Waals surface area (Å²) in [6, 6.07) is 24.3. The number of likely N-dealkylation sites (N-methyl/N-ethyl adjacent to an activating group) is 1. The van der Waals surface area contributed by atoms with E-state index in [1.807, 2.05) is 54.6 Å². The zero-order chi connectivity index (χ0) is 25.3. The number of piperidine rings is 1. The minimum atomic E-state index is -0.442. The van der Waals surface area contributed by atoms with Gasteiger partial charge in [0.25, 0.3) is 5.91 Å². The van der Waals surface area contributed by atoms with E-state index in [1.54, 1.807) is 36.2 Å². The predicted molar refractivity (Wildman–Crippen MR) is 140 cm³/mol. The van der Waals surface area contributed by atoms with E-state index in [4.69, 9.17) is 4.74 Å². The van der Waals surface area contributed by atoms with Gasteiger partial charge in [0.1, 0.15) is 12.4 Å². The second-order valence-corrected chi connectivity index (χ2v) is 8.95. The molecule has 0 aliphatic carbocycles. The standard InChI is InChI=1S/C29H31N3O4/c1-31(28(34)24-13-11-22(21-33)12-14-24)19-20-32-17-15-25(16-18-32)36-29(35)30-27-10-6-5-9-26(27)23-7-3-2-4-8-23/h2-14,21,25H,15-20H2,1H3,(H,30,35). The maximum Gasteiger partial charge on any atom is 0.411 e. The van der Waals surface area contributed by atoms with Gasteiger partial charge in [-0.1, -0.05) is 60.7 Å². The van der Waals surface area contributed by atoms with Crippen LogP contribution in [0.1, 0.15) is 33.6 Å². The number of anilines is 1. The molecule has 36 heavy (non-hydrogen) atoms.